The smallest absolute Gasteiger partial charge is 0.0406 e. The molecule has 0 bridgehead atoms. The van der Waals surface area contributed by atoms with Crippen molar-refractivity contribution < 1.29 is 0 Å². The molecule has 1 N–H and O–H groups in total. The molecule has 1 atom stereocenters. The Morgan fingerprint density at radius 2 is 1.90 bits per heavy atom. The third-order valence-corrected chi connectivity index (χ3v) is 3.66. The van der Waals surface area contributed by atoms with Crippen LogP contribution in [0.25, 0.3) is 0 Å². The monoisotopic (exact) mass is 290 g/mol. The minimum Gasteiger partial charge on any atom is -0.354 e. The summed E-state index contributed by atoms with van der Waals surface area (Å²) >= 11 is 5.90. The second kappa shape index (κ2) is 7.51. The summed E-state index contributed by atoms with van der Waals surface area (Å²) in [7, 11) is 0. The molecule has 0 aliphatic rings. The van der Waals surface area contributed by atoms with E-state index in [0.29, 0.717) is 6.04 Å². The number of nitrogens with zero attached hydrogens (tertiary/aromatic N) is 1. The SMILES string of the molecule is CCCn1ccc(CNC(C)Cc2ccc(Cl)cc2)c1. The van der Waals surface area contributed by atoms with E-state index in [9.17, 15) is 0 Å². The van der Waals surface area contributed by atoms with Gasteiger partial charge in [0.2, 0.25) is 0 Å². The highest BCUT2D eigenvalue weighted by molar-refractivity contribution is 6.30. The zero-order chi connectivity index (χ0) is 14.4. The minimum absolute atomic E-state index is 0.450. The Labute approximate surface area is 126 Å². The molecule has 108 valence electrons. The van der Waals surface area contributed by atoms with Crippen molar-refractivity contribution >= 4 is 11.6 Å². The molecule has 0 aliphatic heterocycles. The second-order valence-electron chi connectivity index (χ2n) is 5.37. The number of aromatic nitrogens is 1. The molecule has 0 spiro atoms. The molecule has 0 saturated heterocycles. The van der Waals surface area contributed by atoms with Crippen LogP contribution < -0.4 is 5.32 Å². The maximum absolute atomic E-state index is 5.90. The van der Waals surface area contributed by atoms with E-state index in [-0.39, 0.29) is 0 Å². The fraction of sp³-hybridized carbons (Fsp3) is 0.412. The highest BCUT2D eigenvalue weighted by Gasteiger charge is 2.04. The van der Waals surface area contributed by atoms with Crippen LogP contribution in [0.2, 0.25) is 5.02 Å². The predicted octanol–water partition coefficient (Wildman–Crippen LogP) is 4.27. The molecule has 2 nitrogen and oxygen atoms in total. The Kier molecular flexibility index (Phi) is 5.69. The summed E-state index contributed by atoms with van der Waals surface area (Å²) in [5, 5.41) is 4.37. The molecule has 1 unspecified atom stereocenters. The summed E-state index contributed by atoms with van der Waals surface area (Å²) in [4.78, 5) is 0. The summed E-state index contributed by atoms with van der Waals surface area (Å²) in [5.74, 6) is 0. The summed E-state index contributed by atoms with van der Waals surface area (Å²) in [6.07, 6.45) is 6.58. The van der Waals surface area contributed by atoms with E-state index < -0.39 is 0 Å². The predicted molar refractivity (Wildman–Crippen MR) is 86.2 cm³/mol. The van der Waals surface area contributed by atoms with Crippen LogP contribution in [-0.4, -0.2) is 10.6 Å². The molecule has 1 aromatic carbocycles. The van der Waals surface area contributed by atoms with Crippen molar-refractivity contribution in [2.75, 3.05) is 0 Å². The fourth-order valence-electron chi connectivity index (χ4n) is 2.33. The summed E-state index contributed by atoms with van der Waals surface area (Å²) < 4.78 is 2.25. The maximum atomic E-state index is 5.90. The van der Waals surface area contributed by atoms with Crippen LogP contribution in [0.4, 0.5) is 0 Å². The van der Waals surface area contributed by atoms with Crippen molar-refractivity contribution in [3.63, 3.8) is 0 Å². The van der Waals surface area contributed by atoms with Crippen LogP contribution in [0.15, 0.2) is 42.7 Å². The minimum atomic E-state index is 0.450. The zero-order valence-corrected chi connectivity index (χ0v) is 13.0. The quantitative estimate of drug-likeness (QED) is 0.806. The first-order valence-corrected chi connectivity index (χ1v) is 7.67. The molecule has 2 rings (SSSR count). The number of hydrogen-bond acceptors (Lipinski definition) is 1. The highest BCUT2D eigenvalue weighted by atomic mass is 35.5. The van der Waals surface area contributed by atoms with E-state index >= 15 is 0 Å². The van der Waals surface area contributed by atoms with Crippen molar-refractivity contribution in [3.05, 3.63) is 58.9 Å². The lowest BCUT2D eigenvalue weighted by Gasteiger charge is -2.13. The van der Waals surface area contributed by atoms with Gasteiger partial charge in [-0.15, -0.1) is 0 Å². The van der Waals surface area contributed by atoms with Crippen molar-refractivity contribution in [2.24, 2.45) is 0 Å². The first kappa shape index (κ1) is 15.1. The van der Waals surface area contributed by atoms with Crippen LogP contribution in [0, 0.1) is 0 Å². The van der Waals surface area contributed by atoms with Gasteiger partial charge < -0.3 is 9.88 Å². The standard InChI is InChI=1S/C17H23ClN2/c1-3-9-20-10-8-16(13-20)12-19-14(2)11-15-4-6-17(18)7-5-15/h4-8,10,13-14,19H,3,9,11-12H2,1-2H3. The zero-order valence-electron chi connectivity index (χ0n) is 12.3. The molecule has 0 saturated carbocycles. The van der Waals surface area contributed by atoms with Gasteiger partial charge >= 0.3 is 0 Å². The number of nitrogens with one attached hydrogen (secondary N) is 1. The Morgan fingerprint density at radius 3 is 2.60 bits per heavy atom. The molecule has 1 aromatic heterocycles. The second-order valence-corrected chi connectivity index (χ2v) is 5.81. The molecule has 0 fully saturated rings. The molecule has 3 heteroatoms. The van der Waals surface area contributed by atoms with Crippen molar-refractivity contribution in [3.8, 4) is 0 Å². The van der Waals surface area contributed by atoms with E-state index in [1.165, 1.54) is 17.5 Å². The van der Waals surface area contributed by atoms with Crippen molar-refractivity contribution in [1.29, 1.82) is 0 Å². The molecule has 1 heterocycles. The average Bonchev–Trinajstić information content (AvgIpc) is 2.87. The molecular formula is C17H23ClN2. The summed E-state index contributed by atoms with van der Waals surface area (Å²) in [5.41, 5.74) is 2.67. The van der Waals surface area contributed by atoms with Gasteiger partial charge in [-0.25, -0.2) is 0 Å². The molecule has 2 aromatic rings. The van der Waals surface area contributed by atoms with Gasteiger partial charge in [0.1, 0.15) is 0 Å². The number of rotatable bonds is 7. The van der Waals surface area contributed by atoms with E-state index in [1.54, 1.807) is 0 Å². The third kappa shape index (κ3) is 4.69. The van der Waals surface area contributed by atoms with E-state index in [1.807, 2.05) is 12.1 Å². The van der Waals surface area contributed by atoms with E-state index in [2.05, 4.69) is 54.3 Å². The Balaban J connectivity index is 1.79. The van der Waals surface area contributed by atoms with Crippen LogP contribution >= 0.6 is 11.6 Å². The van der Waals surface area contributed by atoms with Gasteiger partial charge in [0.25, 0.3) is 0 Å². The lowest BCUT2D eigenvalue weighted by atomic mass is 10.1. The topological polar surface area (TPSA) is 17.0 Å². The first-order chi connectivity index (χ1) is 9.67. The van der Waals surface area contributed by atoms with Crippen molar-refractivity contribution in [2.45, 2.75) is 45.8 Å². The molecule has 0 amide bonds. The van der Waals surface area contributed by atoms with Gasteiger partial charge in [-0.3, -0.25) is 0 Å². The third-order valence-electron chi connectivity index (χ3n) is 3.40. The van der Waals surface area contributed by atoms with Crippen LogP contribution in [0.3, 0.4) is 0 Å². The van der Waals surface area contributed by atoms with Gasteiger partial charge in [0.15, 0.2) is 0 Å². The Morgan fingerprint density at radius 1 is 1.15 bits per heavy atom. The number of benzene rings is 1. The molecule has 20 heavy (non-hydrogen) atoms. The molecule has 0 aliphatic carbocycles. The van der Waals surface area contributed by atoms with Crippen LogP contribution in [0.1, 0.15) is 31.4 Å². The van der Waals surface area contributed by atoms with E-state index in [0.717, 1.165) is 24.5 Å². The van der Waals surface area contributed by atoms with Crippen LogP contribution in [0.5, 0.6) is 0 Å². The number of halogens is 1. The van der Waals surface area contributed by atoms with Crippen LogP contribution in [-0.2, 0) is 19.5 Å². The Bertz CT molecular complexity index is 516. The molecular weight excluding hydrogens is 268 g/mol. The fourth-order valence-corrected chi connectivity index (χ4v) is 2.46. The van der Waals surface area contributed by atoms with Crippen molar-refractivity contribution in [1.82, 2.24) is 9.88 Å². The van der Waals surface area contributed by atoms with Gasteiger partial charge in [-0.1, -0.05) is 30.7 Å². The normalized spacial score (nSPS) is 12.6. The summed E-state index contributed by atoms with van der Waals surface area (Å²) in [6, 6.07) is 10.7. The first-order valence-electron chi connectivity index (χ1n) is 7.30. The largest absolute Gasteiger partial charge is 0.354 e. The summed E-state index contributed by atoms with van der Waals surface area (Å²) in [6.45, 7) is 6.44. The van der Waals surface area contributed by atoms with Gasteiger partial charge in [-0.05, 0) is 49.1 Å². The van der Waals surface area contributed by atoms with Gasteiger partial charge in [0, 0.05) is 36.5 Å². The average molecular weight is 291 g/mol. The number of hydrogen-bond donors (Lipinski definition) is 1. The lowest BCUT2D eigenvalue weighted by Crippen LogP contribution is -2.27. The van der Waals surface area contributed by atoms with Gasteiger partial charge in [0.05, 0.1) is 0 Å². The lowest BCUT2D eigenvalue weighted by molar-refractivity contribution is 0.544. The highest BCUT2D eigenvalue weighted by Crippen LogP contribution is 2.11. The Hall–Kier alpha value is -1.25. The maximum Gasteiger partial charge on any atom is 0.0406 e. The molecule has 0 radical (unpaired) electrons. The van der Waals surface area contributed by atoms with Gasteiger partial charge in [-0.2, -0.15) is 0 Å². The number of aryl methyl sites for hydroxylation is 1. The van der Waals surface area contributed by atoms with E-state index in [4.69, 9.17) is 11.6 Å².